The minimum absolute atomic E-state index is 0.231. The predicted octanol–water partition coefficient (Wildman–Crippen LogP) is 1.52. The van der Waals surface area contributed by atoms with E-state index in [9.17, 15) is 4.79 Å². The van der Waals surface area contributed by atoms with Gasteiger partial charge < -0.3 is 10.2 Å². The van der Waals surface area contributed by atoms with Crippen molar-refractivity contribution in [2.24, 2.45) is 5.92 Å². The summed E-state index contributed by atoms with van der Waals surface area (Å²) in [6.07, 6.45) is 1.52. The average Bonchev–Trinajstić information content (AvgIpc) is 2.66. The van der Waals surface area contributed by atoms with Crippen LogP contribution in [0.2, 0.25) is 0 Å². The number of nitrogens with one attached hydrogen (secondary N) is 1. The molecule has 1 aliphatic heterocycles. The van der Waals surface area contributed by atoms with Crippen molar-refractivity contribution in [2.75, 3.05) is 26.2 Å². The third-order valence-corrected chi connectivity index (χ3v) is 4.09. The summed E-state index contributed by atoms with van der Waals surface area (Å²) in [5.41, 5.74) is 3.25. The highest BCUT2D eigenvalue weighted by Gasteiger charge is 2.20. The van der Waals surface area contributed by atoms with Crippen molar-refractivity contribution < 1.29 is 4.79 Å². The first kappa shape index (κ1) is 16.0. The zero-order valence-corrected chi connectivity index (χ0v) is 13.8. The molecule has 0 bridgehead atoms. The highest BCUT2D eigenvalue weighted by molar-refractivity contribution is 5.79. The SMILES string of the molecule is Cc1nn(CC(C)C)c(C)c1CC(=O)N1CCCNCC1. The lowest BCUT2D eigenvalue weighted by Gasteiger charge is -2.20. The van der Waals surface area contributed by atoms with Gasteiger partial charge in [0.05, 0.1) is 12.1 Å². The van der Waals surface area contributed by atoms with E-state index < -0.39 is 0 Å². The summed E-state index contributed by atoms with van der Waals surface area (Å²) in [4.78, 5) is 14.5. The first-order chi connectivity index (χ1) is 9.99. The number of hydrogen-bond acceptors (Lipinski definition) is 3. The number of aryl methyl sites for hydroxylation is 1. The Morgan fingerprint density at radius 1 is 1.29 bits per heavy atom. The Labute approximate surface area is 127 Å². The molecule has 0 saturated carbocycles. The van der Waals surface area contributed by atoms with Gasteiger partial charge in [0.1, 0.15) is 0 Å². The third-order valence-electron chi connectivity index (χ3n) is 4.09. The molecule has 1 saturated heterocycles. The Morgan fingerprint density at radius 3 is 2.76 bits per heavy atom. The Bertz CT molecular complexity index is 485. The second-order valence-corrected chi connectivity index (χ2v) is 6.39. The number of nitrogens with zero attached hydrogens (tertiary/aromatic N) is 3. The molecule has 0 radical (unpaired) electrons. The van der Waals surface area contributed by atoms with Crippen molar-refractivity contribution >= 4 is 5.91 Å². The van der Waals surface area contributed by atoms with Crippen LogP contribution in [0.3, 0.4) is 0 Å². The van der Waals surface area contributed by atoms with Crippen LogP contribution in [-0.2, 0) is 17.8 Å². The zero-order chi connectivity index (χ0) is 15.4. The van der Waals surface area contributed by atoms with Gasteiger partial charge >= 0.3 is 0 Å². The first-order valence-corrected chi connectivity index (χ1v) is 8.00. The maximum Gasteiger partial charge on any atom is 0.227 e. The van der Waals surface area contributed by atoms with Gasteiger partial charge in [0.25, 0.3) is 0 Å². The molecule has 0 unspecified atom stereocenters. The molecule has 0 atom stereocenters. The molecule has 2 rings (SSSR count). The maximum absolute atomic E-state index is 12.5. The fourth-order valence-corrected chi connectivity index (χ4v) is 2.87. The average molecular weight is 292 g/mol. The van der Waals surface area contributed by atoms with Crippen molar-refractivity contribution in [1.82, 2.24) is 20.0 Å². The van der Waals surface area contributed by atoms with Crippen LogP contribution in [-0.4, -0.2) is 46.8 Å². The molecule has 1 aromatic heterocycles. The normalized spacial score (nSPS) is 16.3. The van der Waals surface area contributed by atoms with E-state index in [0.717, 1.165) is 56.1 Å². The predicted molar refractivity (Wildman–Crippen MR) is 84.3 cm³/mol. The number of carbonyl (C=O) groups excluding carboxylic acids is 1. The number of amides is 1. The molecule has 118 valence electrons. The smallest absolute Gasteiger partial charge is 0.227 e. The number of carbonyl (C=O) groups is 1. The van der Waals surface area contributed by atoms with E-state index >= 15 is 0 Å². The van der Waals surface area contributed by atoms with E-state index in [-0.39, 0.29) is 5.91 Å². The maximum atomic E-state index is 12.5. The number of rotatable bonds is 4. The van der Waals surface area contributed by atoms with Crippen LogP contribution in [0, 0.1) is 19.8 Å². The van der Waals surface area contributed by atoms with Gasteiger partial charge in [-0.2, -0.15) is 5.10 Å². The lowest BCUT2D eigenvalue weighted by molar-refractivity contribution is -0.130. The molecule has 1 aliphatic rings. The lowest BCUT2D eigenvalue weighted by Crippen LogP contribution is -2.35. The van der Waals surface area contributed by atoms with Gasteiger partial charge in [-0.05, 0) is 32.7 Å². The summed E-state index contributed by atoms with van der Waals surface area (Å²) in [6, 6.07) is 0. The summed E-state index contributed by atoms with van der Waals surface area (Å²) in [6.45, 7) is 13.0. The van der Waals surface area contributed by atoms with Gasteiger partial charge in [-0.3, -0.25) is 9.48 Å². The van der Waals surface area contributed by atoms with Gasteiger partial charge in [-0.15, -0.1) is 0 Å². The molecule has 21 heavy (non-hydrogen) atoms. The van der Waals surface area contributed by atoms with Crippen LogP contribution in [0.5, 0.6) is 0 Å². The van der Waals surface area contributed by atoms with Gasteiger partial charge in [-0.1, -0.05) is 13.8 Å². The highest BCUT2D eigenvalue weighted by atomic mass is 16.2. The molecule has 1 N–H and O–H groups in total. The van der Waals surface area contributed by atoms with Crippen molar-refractivity contribution in [1.29, 1.82) is 0 Å². The largest absolute Gasteiger partial charge is 0.341 e. The molecule has 2 heterocycles. The van der Waals surface area contributed by atoms with Crippen LogP contribution in [0.1, 0.15) is 37.2 Å². The van der Waals surface area contributed by atoms with E-state index in [2.05, 4.69) is 31.2 Å². The standard InChI is InChI=1S/C16H28N4O/c1-12(2)11-20-14(4)15(13(3)18-20)10-16(21)19-8-5-6-17-7-9-19/h12,17H,5-11H2,1-4H3. The lowest BCUT2D eigenvalue weighted by atomic mass is 10.1. The summed E-state index contributed by atoms with van der Waals surface area (Å²) in [5.74, 6) is 0.789. The molecule has 1 amide bonds. The summed E-state index contributed by atoms with van der Waals surface area (Å²) in [5, 5.41) is 7.93. The van der Waals surface area contributed by atoms with Crippen molar-refractivity contribution in [3.05, 3.63) is 17.0 Å². The molecule has 0 spiro atoms. The van der Waals surface area contributed by atoms with E-state index in [1.807, 2.05) is 16.5 Å². The zero-order valence-electron chi connectivity index (χ0n) is 13.8. The fraction of sp³-hybridized carbons (Fsp3) is 0.750. The van der Waals surface area contributed by atoms with Gasteiger partial charge in [0.2, 0.25) is 5.91 Å². The van der Waals surface area contributed by atoms with Crippen LogP contribution in [0.15, 0.2) is 0 Å². The van der Waals surface area contributed by atoms with Crippen molar-refractivity contribution in [2.45, 2.75) is 47.1 Å². The van der Waals surface area contributed by atoms with E-state index in [4.69, 9.17) is 0 Å². The minimum atomic E-state index is 0.231. The van der Waals surface area contributed by atoms with E-state index in [0.29, 0.717) is 12.3 Å². The second-order valence-electron chi connectivity index (χ2n) is 6.39. The van der Waals surface area contributed by atoms with Crippen LogP contribution >= 0.6 is 0 Å². The molecule has 1 fully saturated rings. The Kier molecular flexibility index (Phi) is 5.39. The Hall–Kier alpha value is -1.36. The molecule has 5 nitrogen and oxygen atoms in total. The monoisotopic (exact) mass is 292 g/mol. The number of hydrogen-bond donors (Lipinski definition) is 1. The van der Waals surface area contributed by atoms with Gasteiger partial charge in [-0.25, -0.2) is 0 Å². The topological polar surface area (TPSA) is 50.2 Å². The first-order valence-electron chi connectivity index (χ1n) is 8.00. The minimum Gasteiger partial charge on any atom is -0.341 e. The van der Waals surface area contributed by atoms with Gasteiger partial charge in [0.15, 0.2) is 0 Å². The van der Waals surface area contributed by atoms with Crippen LogP contribution in [0.4, 0.5) is 0 Å². The summed E-state index contributed by atoms with van der Waals surface area (Å²) >= 11 is 0. The number of aromatic nitrogens is 2. The fourth-order valence-electron chi connectivity index (χ4n) is 2.87. The molecular formula is C16H28N4O. The van der Waals surface area contributed by atoms with E-state index in [1.165, 1.54) is 0 Å². The molecule has 0 aliphatic carbocycles. The van der Waals surface area contributed by atoms with Crippen molar-refractivity contribution in [3.63, 3.8) is 0 Å². The van der Waals surface area contributed by atoms with Crippen LogP contribution < -0.4 is 5.32 Å². The quantitative estimate of drug-likeness (QED) is 0.915. The van der Waals surface area contributed by atoms with Crippen LogP contribution in [0.25, 0.3) is 0 Å². The van der Waals surface area contributed by atoms with Crippen molar-refractivity contribution in [3.8, 4) is 0 Å². The second kappa shape index (κ2) is 7.07. The Balaban J connectivity index is 2.07. The third kappa shape index (κ3) is 4.06. The van der Waals surface area contributed by atoms with Gasteiger partial charge in [0, 0.05) is 37.4 Å². The Morgan fingerprint density at radius 2 is 2.05 bits per heavy atom. The summed E-state index contributed by atoms with van der Waals surface area (Å²) in [7, 11) is 0. The molecule has 5 heteroatoms. The highest BCUT2D eigenvalue weighted by Crippen LogP contribution is 2.16. The molecule has 0 aromatic carbocycles. The molecular weight excluding hydrogens is 264 g/mol. The summed E-state index contributed by atoms with van der Waals surface area (Å²) < 4.78 is 2.05. The molecule has 1 aromatic rings. The van der Waals surface area contributed by atoms with E-state index in [1.54, 1.807) is 0 Å².